The van der Waals surface area contributed by atoms with Gasteiger partial charge in [-0.3, -0.25) is 0 Å². The zero-order valence-corrected chi connectivity index (χ0v) is 24.1. The van der Waals surface area contributed by atoms with E-state index in [1.807, 2.05) is 30.3 Å². The van der Waals surface area contributed by atoms with Crippen LogP contribution in [-0.2, 0) is 13.1 Å². The maximum atomic E-state index is 11.4. The van der Waals surface area contributed by atoms with Crippen molar-refractivity contribution in [3.8, 4) is 17.0 Å². The van der Waals surface area contributed by atoms with Crippen molar-refractivity contribution in [3.05, 3.63) is 89.2 Å². The van der Waals surface area contributed by atoms with Gasteiger partial charge >= 0.3 is 35.5 Å². The summed E-state index contributed by atoms with van der Waals surface area (Å²) in [6.07, 6.45) is 6.69. The normalized spacial score (nSPS) is 17.1. The van der Waals surface area contributed by atoms with Gasteiger partial charge in [0, 0.05) is 17.5 Å². The van der Waals surface area contributed by atoms with Gasteiger partial charge in [0.1, 0.15) is 11.5 Å². The molecule has 188 valence electrons. The molecular formula is C29H31N2NaO4S. The zero-order valence-electron chi connectivity index (χ0n) is 22.3. The van der Waals surface area contributed by atoms with Crippen LogP contribution in [0.2, 0.25) is 0 Å². The summed E-state index contributed by atoms with van der Waals surface area (Å²) in [5.74, 6) is 1.60. The van der Waals surface area contributed by atoms with E-state index in [1.54, 1.807) is 35.8 Å². The molecular weight excluding hydrogens is 495 g/mol. The molecule has 0 bridgehead atoms. The van der Waals surface area contributed by atoms with Gasteiger partial charge < -0.3 is 20.6 Å². The van der Waals surface area contributed by atoms with E-state index in [2.05, 4.69) is 29.3 Å². The number of anilines is 1. The van der Waals surface area contributed by atoms with Gasteiger partial charge in [-0.1, -0.05) is 19.1 Å². The number of rotatable bonds is 9. The Balaban J connectivity index is 0.00000200. The van der Waals surface area contributed by atoms with Crippen LogP contribution in [0.5, 0.6) is 5.75 Å². The van der Waals surface area contributed by atoms with Gasteiger partial charge in [-0.2, -0.15) is 0 Å². The number of hydrogen-bond acceptors (Lipinski definition) is 6. The summed E-state index contributed by atoms with van der Waals surface area (Å²) >= 11 is 1.56. The van der Waals surface area contributed by atoms with Crippen LogP contribution in [-0.4, -0.2) is 22.2 Å². The Bertz CT molecular complexity index is 1290. The number of furan rings is 1. The number of aromatic carboxylic acids is 1. The SMILES string of the molecule is CC1CCC(Oc2ccc(-c3csc(N(Cc4cccc(C(=O)O)c4)Cc4ccco4)n3)cc2)CC1.[H-].[Na+]. The second kappa shape index (κ2) is 12.8. The van der Waals surface area contributed by atoms with E-state index in [1.165, 1.54) is 12.8 Å². The van der Waals surface area contributed by atoms with Gasteiger partial charge in [0.25, 0.3) is 0 Å². The van der Waals surface area contributed by atoms with E-state index in [4.69, 9.17) is 14.1 Å². The van der Waals surface area contributed by atoms with Gasteiger partial charge in [-0.25, -0.2) is 9.78 Å². The first kappa shape index (κ1) is 27.5. The Morgan fingerprint density at radius 1 is 1.11 bits per heavy atom. The molecule has 1 fully saturated rings. The minimum atomic E-state index is -0.934. The molecule has 8 heteroatoms. The number of thiazole rings is 1. The van der Waals surface area contributed by atoms with Crippen molar-refractivity contribution in [1.29, 1.82) is 0 Å². The van der Waals surface area contributed by atoms with Crippen LogP contribution in [0.3, 0.4) is 0 Å². The van der Waals surface area contributed by atoms with Crippen LogP contribution in [0, 0.1) is 5.92 Å². The number of benzene rings is 2. The molecule has 0 atom stereocenters. The largest absolute Gasteiger partial charge is 1.00 e. The van der Waals surface area contributed by atoms with Crippen LogP contribution in [0.4, 0.5) is 5.13 Å². The molecule has 6 nitrogen and oxygen atoms in total. The molecule has 2 aromatic heterocycles. The quantitative estimate of drug-likeness (QED) is 0.326. The molecule has 1 aliphatic rings. The van der Waals surface area contributed by atoms with E-state index in [0.717, 1.165) is 52.2 Å². The molecule has 0 radical (unpaired) electrons. The second-order valence-electron chi connectivity index (χ2n) is 9.48. The van der Waals surface area contributed by atoms with Crippen molar-refractivity contribution in [2.45, 2.75) is 51.8 Å². The second-order valence-corrected chi connectivity index (χ2v) is 10.3. The minimum Gasteiger partial charge on any atom is -1.00 e. The fraction of sp³-hybridized carbons (Fsp3) is 0.310. The smallest absolute Gasteiger partial charge is 1.00 e. The minimum absolute atomic E-state index is 0. The molecule has 37 heavy (non-hydrogen) atoms. The van der Waals surface area contributed by atoms with Crippen molar-refractivity contribution in [3.63, 3.8) is 0 Å². The van der Waals surface area contributed by atoms with Gasteiger partial charge in [0.15, 0.2) is 5.13 Å². The number of carboxylic acids is 1. The van der Waals surface area contributed by atoms with E-state index in [9.17, 15) is 9.90 Å². The Hall–Kier alpha value is -2.58. The van der Waals surface area contributed by atoms with E-state index >= 15 is 0 Å². The molecule has 4 aromatic rings. The van der Waals surface area contributed by atoms with Crippen molar-refractivity contribution >= 4 is 22.4 Å². The van der Waals surface area contributed by atoms with Crippen molar-refractivity contribution in [1.82, 2.24) is 4.98 Å². The first-order valence-corrected chi connectivity index (χ1v) is 13.2. The topological polar surface area (TPSA) is 75.8 Å². The van der Waals surface area contributed by atoms with Gasteiger partial charge in [-0.15, -0.1) is 11.3 Å². The molecule has 2 aromatic carbocycles. The number of ether oxygens (including phenoxy) is 1. The molecule has 1 N–H and O–H groups in total. The molecule has 2 heterocycles. The van der Waals surface area contributed by atoms with Crippen LogP contribution < -0.4 is 39.2 Å². The summed E-state index contributed by atoms with van der Waals surface area (Å²) in [5, 5.41) is 12.3. The Kier molecular flexibility index (Phi) is 9.49. The molecule has 1 aliphatic carbocycles. The molecule has 0 aliphatic heterocycles. The van der Waals surface area contributed by atoms with Gasteiger partial charge in [-0.05, 0) is 85.7 Å². The fourth-order valence-electron chi connectivity index (χ4n) is 4.59. The summed E-state index contributed by atoms with van der Waals surface area (Å²) in [6, 6.07) is 19.0. The maximum absolute atomic E-state index is 11.4. The molecule has 0 saturated heterocycles. The summed E-state index contributed by atoms with van der Waals surface area (Å²) in [5.41, 5.74) is 3.11. The molecule has 0 amide bonds. The van der Waals surface area contributed by atoms with E-state index in [-0.39, 0.29) is 36.5 Å². The number of carbonyl (C=O) groups is 1. The zero-order chi connectivity index (χ0) is 24.9. The summed E-state index contributed by atoms with van der Waals surface area (Å²) in [6.45, 7) is 3.36. The Morgan fingerprint density at radius 3 is 2.59 bits per heavy atom. The molecule has 0 unspecified atom stereocenters. The maximum Gasteiger partial charge on any atom is 1.00 e. The van der Waals surface area contributed by atoms with Crippen LogP contribution in [0.25, 0.3) is 11.3 Å². The standard InChI is InChI=1S/C29H30N2O4S.Na.H/c1-20-7-11-24(12-8-20)35-25-13-9-22(10-14-25)27-19-36-29(30-27)31(18-26-6-3-15-34-26)17-21-4-2-5-23(16-21)28(32)33;;/h2-6,9-10,13-16,19-20,24H,7-8,11-12,17-18H2,1H3,(H,32,33);;/q;+1;-1. The number of hydrogen-bond donors (Lipinski definition) is 1. The van der Waals surface area contributed by atoms with Gasteiger partial charge in [0.05, 0.1) is 30.2 Å². The third-order valence-electron chi connectivity index (χ3n) is 6.65. The van der Waals surface area contributed by atoms with Crippen molar-refractivity contribution in [2.24, 2.45) is 5.92 Å². The summed E-state index contributed by atoms with van der Waals surface area (Å²) in [4.78, 5) is 18.4. The van der Waals surface area contributed by atoms with Crippen LogP contribution in [0.15, 0.2) is 76.7 Å². The third-order valence-corrected chi connectivity index (χ3v) is 7.55. The summed E-state index contributed by atoms with van der Waals surface area (Å²) in [7, 11) is 0. The average Bonchev–Trinajstić information content (AvgIpc) is 3.58. The van der Waals surface area contributed by atoms with E-state index < -0.39 is 5.97 Å². The monoisotopic (exact) mass is 526 g/mol. The van der Waals surface area contributed by atoms with Gasteiger partial charge in [0.2, 0.25) is 0 Å². The predicted molar refractivity (Wildman–Crippen MR) is 143 cm³/mol. The third kappa shape index (κ3) is 7.26. The fourth-order valence-corrected chi connectivity index (χ4v) is 5.43. The molecule has 1 saturated carbocycles. The number of aromatic nitrogens is 1. The van der Waals surface area contributed by atoms with Crippen LogP contribution >= 0.6 is 11.3 Å². The predicted octanol–water partition coefficient (Wildman–Crippen LogP) is 4.38. The van der Waals surface area contributed by atoms with Crippen molar-refractivity contribution < 1.29 is 50.0 Å². The molecule has 5 rings (SSSR count). The van der Waals surface area contributed by atoms with E-state index in [0.29, 0.717) is 19.2 Å². The first-order chi connectivity index (χ1) is 17.5. The summed E-state index contributed by atoms with van der Waals surface area (Å²) < 4.78 is 11.8. The Morgan fingerprint density at radius 2 is 1.89 bits per heavy atom. The van der Waals surface area contributed by atoms with Crippen molar-refractivity contribution in [2.75, 3.05) is 4.90 Å². The number of carboxylic acid groups (broad SMARTS) is 1. The Labute approximate surface area is 245 Å². The average molecular weight is 527 g/mol. The number of nitrogens with zero attached hydrogens (tertiary/aromatic N) is 2. The van der Waals surface area contributed by atoms with Crippen LogP contribution in [0.1, 0.15) is 55.7 Å². The molecule has 0 spiro atoms. The first-order valence-electron chi connectivity index (χ1n) is 12.4.